The first-order valence-corrected chi connectivity index (χ1v) is 15.7. The predicted octanol–water partition coefficient (Wildman–Crippen LogP) is 7.63. The van der Waals surface area contributed by atoms with E-state index in [-0.39, 0.29) is 35.9 Å². The molecule has 1 aliphatic carbocycles. The van der Waals surface area contributed by atoms with Crippen molar-refractivity contribution in [2.75, 3.05) is 19.1 Å². The number of halogens is 3. The molecule has 0 spiro atoms. The monoisotopic (exact) mass is 643 g/mol. The highest BCUT2D eigenvalue weighted by atomic mass is 32.1. The van der Waals surface area contributed by atoms with E-state index in [9.17, 15) is 18.0 Å². The van der Waals surface area contributed by atoms with Gasteiger partial charge >= 0.3 is 12.3 Å². The van der Waals surface area contributed by atoms with Crippen LogP contribution < -0.4 is 14.4 Å². The van der Waals surface area contributed by atoms with Crippen LogP contribution in [0.5, 0.6) is 11.5 Å². The number of alkyl halides is 3. The fraction of sp³-hybridized carbons (Fsp3) is 0.469. The predicted molar refractivity (Wildman–Crippen MR) is 160 cm³/mol. The van der Waals surface area contributed by atoms with Crippen LogP contribution in [-0.2, 0) is 16.1 Å². The number of methoxy groups -OCH3 is 2. The van der Waals surface area contributed by atoms with Crippen molar-refractivity contribution in [1.82, 2.24) is 10.1 Å². The van der Waals surface area contributed by atoms with Crippen molar-refractivity contribution >= 4 is 32.7 Å². The summed E-state index contributed by atoms with van der Waals surface area (Å²) in [7, 11) is 2.90. The van der Waals surface area contributed by atoms with E-state index in [1.807, 2.05) is 0 Å². The molecule has 238 valence electrons. The molecule has 3 atom stereocenters. The number of rotatable bonds is 9. The highest BCUT2D eigenvalue weighted by Gasteiger charge is 2.48. The third-order valence-corrected chi connectivity index (χ3v) is 9.98. The second-order valence-electron chi connectivity index (χ2n) is 12.1. The lowest BCUT2D eigenvalue weighted by Crippen LogP contribution is -2.51. The summed E-state index contributed by atoms with van der Waals surface area (Å²) in [5.74, 6) is 0.609. The fourth-order valence-corrected chi connectivity index (χ4v) is 7.99. The lowest BCUT2D eigenvalue weighted by Gasteiger charge is -2.44. The van der Waals surface area contributed by atoms with Crippen molar-refractivity contribution in [3.05, 3.63) is 53.3 Å². The van der Waals surface area contributed by atoms with Gasteiger partial charge in [-0.05, 0) is 69.7 Å². The number of benzene rings is 2. The lowest BCUT2D eigenvalue weighted by atomic mass is 9.87. The molecule has 45 heavy (non-hydrogen) atoms. The van der Waals surface area contributed by atoms with Gasteiger partial charge in [-0.25, -0.2) is 9.78 Å². The number of ether oxygens (including phenoxy) is 4. The normalized spacial score (nSPS) is 23.0. The summed E-state index contributed by atoms with van der Waals surface area (Å²) in [6.45, 7) is 2.26. The molecule has 3 fully saturated rings. The van der Waals surface area contributed by atoms with Gasteiger partial charge in [-0.1, -0.05) is 28.6 Å². The molecule has 1 saturated carbocycles. The van der Waals surface area contributed by atoms with Gasteiger partial charge in [0.1, 0.15) is 28.5 Å². The molecule has 0 radical (unpaired) electrons. The molecule has 13 heteroatoms. The van der Waals surface area contributed by atoms with E-state index >= 15 is 0 Å². The van der Waals surface area contributed by atoms with Crippen LogP contribution in [0.3, 0.4) is 0 Å². The number of carbonyl (C=O) groups is 1. The number of anilines is 1. The number of carbonyl (C=O) groups excluding carboxylic acids is 1. The minimum Gasteiger partial charge on any atom is -0.494 e. The zero-order chi connectivity index (χ0) is 31.5. The lowest BCUT2D eigenvalue weighted by molar-refractivity contribution is -0.274. The van der Waals surface area contributed by atoms with Gasteiger partial charge in [-0.3, -0.25) is 0 Å². The minimum atomic E-state index is -4.84. The number of nitrogens with zero attached hydrogens (tertiary/aromatic N) is 3. The summed E-state index contributed by atoms with van der Waals surface area (Å²) in [6.07, 6.45) is 0.499. The molecule has 0 N–H and O–H groups in total. The number of esters is 1. The van der Waals surface area contributed by atoms with E-state index in [0.717, 1.165) is 48.4 Å². The molecule has 4 aromatic rings. The molecule has 2 aliphatic heterocycles. The Hall–Kier alpha value is -3.84. The number of thiazole rings is 1. The van der Waals surface area contributed by atoms with Gasteiger partial charge in [0.2, 0.25) is 0 Å². The first-order chi connectivity index (χ1) is 21.6. The molecule has 2 aromatic carbocycles. The molecule has 3 aliphatic rings. The highest BCUT2D eigenvalue weighted by Crippen LogP contribution is 2.49. The van der Waals surface area contributed by atoms with Crippen molar-refractivity contribution in [2.45, 2.75) is 82.0 Å². The second-order valence-corrected chi connectivity index (χ2v) is 13.2. The Morgan fingerprint density at radius 1 is 1.09 bits per heavy atom. The molecule has 2 bridgehead atoms. The van der Waals surface area contributed by atoms with Crippen LogP contribution in [-0.4, -0.2) is 54.4 Å². The Labute approximate surface area is 261 Å². The van der Waals surface area contributed by atoms with Crippen LogP contribution in [0.25, 0.3) is 21.5 Å². The van der Waals surface area contributed by atoms with Gasteiger partial charge in [0.05, 0.1) is 36.7 Å². The molecular weight excluding hydrogens is 611 g/mol. The topological polar surface area (TPSA) is 96.2 Å². The number of fused-ring (bicyclic) bond motifs is 3. The fourth-order valence-electron chi connectivity index (χ4n) is 6.82. The smallest absolute Gasteiger partial charge is 0.494 e. The number of hydrogen-bond acceptors (Lipinski definition) is 10. The molecule has 9 nitrogen and oxygen atoms in total. The maximum absolute atomic E-state index is 13.2. The minimum absolute atomic E-state index is 0.162. The largest absolute Gasteiger partial charge is 0.573 e. The van der Waals surface area contributed by atoms with Crippen molar-refractivity contribution in [3.8, 4) is 22.8 Å². The van der Waals surface area contributed by atoms with Crippen molar-refractivity contribution in [1.29, 1.82) is 0 Å². The number of aromatic nitrogens is 2. The summed E-state index contributed by atoms with van der Waals surface area (Å²) in [5, 5.41) is 5.09. The first-order valence-electron chi connectivity index (χ1n) is 14.9. The number of para-hydroxylation sites is 1. The van der Waals surface area contributed by atoms with Crippen LogP contribution in [0.4, 0.5) is 18.3 Å². The van der Waals surface area contributed by atoms with Gasteiger partial charge in [-0.15, -0.1) is 13.2 Å². The van der Waals surface area contributed by atoms with Gasteiger partial charge < -0.3 is 28.4 Å². The van der Waals surface area contributed by atoms with Crippen molar-refractivity contribution in [3.63, 3.8) is 0 Å². The molecule has 7 rings (SSSR count). The molecular formula is C32H32F3N3O6S. The third kappa shape index (κ3) is 5.71. The van der Waals surface area contributed by atoms with Gasteiger partial charge in [0.15, 0.2) is 5.13 Å². The van der Waals surface area contributed by atoms with Crippen molar-refractivity contribution in [2.24, 2.45) is 0 Å². The van der Waals surface area contributed by atoms with Crippen molar-refractivity contribution < 1.29 is 41.4 Å². The maximum Gasteiger partial charge on any atom is 0.573 e. The third-order valence-electron chi connectivity index (χ3n) is 8.96. The summed E-state index contributed by atoms with van der Waals surface area (Å²) < 4.78 is 67.6. The maximum atomic E-state index is 13.2. The summed E-state index contributed by atoms with van der Waals surface area (Å²) in [6, 6.07) is 9.79. The van der Waals surface area contributed by atoms with Crippen LogP contribution in [0, 0.1) is 0 Å². The summed E-state index contributed by atoms with van der Waals surface area (Å²) in [5.41, 5.74) is 1.83. The van der Waals surface area contributed by atoms with E-state index in [2.05, 4.69) is 21.7 Å². The highest BCUT2D eigenvalue weighted by molar-refractivity contribution is 7.22. The van der Waals surface area contributed by atoms with E-state index in [1.54, 1.807) is 31.4 Å². The Balaban J connectivity index is 1.13. The Morgan fingerprint density at radius 2 is 1.82 bits per heavy atom. The molecule has 4 heterocycles. The van der Waals surface area contributed by atoms with Gasteiger partial charge in [-0.2, -0.15) is 0 Å². The average Bonchev–Trinajstić information content (AvgIpc) is 3.51. The zero-order valence-electron chi connectivity index (χ0n) is 25.0. The Kier molecular flexibility index (Phi) is 7.43. The zero-order valence-corrected chi connectivity index (χ0v) is 25.8. The van der Waals surface area contributed by atoms with E-state index in [1.165, 1.54) is 30.6 Å². The first kappa shape index (κ1) is 29.8. The van der Waals surface area contributed by atoms with Crippen LogP contribution >= 0.6 is 11.3 Å². The number of hydrogen-bond donors (Lipinski definition) is 0. The van der Waals surface area contributed by atoms with Gasteiger partial charge in [0.25, 0.3) is 0 Å². The standard InChI is InChI=1S/C32H32F3N3O6S/c1-31(42-16-22-26(37-44-28(22)17-8-9-17)21-6-4-5-7-23(21)43-32(33,34)35)14-19-10-11-20(15-31)38(19)30-36-27-24(40-2)12-18(29(39)41-3)13-25(27)45-30/h4-7,12-13,17,19-20H,8-11,14-16H2,1-3H3/t19-,20+,31?. The van der Waals surface area contributed by atoms with Crippen LogP contribution in [0.1, 0.15) is 73.0 Å². The Bertz CT molecular complexity index is 1740. The SMILES string of the molecule is COC(=O)c1cc(OC)c2nc(N3[C@@H]4CC[C@H]3CC(C)(OCc3c(-c5ccccc5OC(F)(F)F)noc3C3CC3)C4)sc2c1. The average molecular weight is 644 g/mol. The molecule has 1 unspecified atom stereocenters. The second kappa shape index (κ2) is 11.2. The molecule has 2 saturated heterocycles. The summed E-state index contributed by atoms with van der Waals surface area (Å²) >= 11 is 1.52. The molecule has 2 aromatic heterocycles. The molecule has 0 amide bonds. The van der Waals surface area contributed by atoms with E-state index in [4.69, 9.17) is 23.7 Å². The van der Waals surface area contributed by atoms with Gasteiger partial charge in [0, 0.05) is 29.1 Å². The van der Waals surface area contributed by atoms with Crippen LogP contribution in [0.15, 0.2) is 40.9 Å². The summed E-state index contributed by atoms with van der Waals surface area (Å²) in [4.78, 5) is 19.5. The quantitative estimate of drug-likeness (QED) is 0.171. The van der Waals surface area contributed by atoms with E-state index in [0.29, 0.717) is 33.8 Å². The van der Waals surface area contributed by atoms with Crippen LogP contribution in [0.2, 0.25) is 0 Å². The Morgan fingerprint density at radius 3 is 2.49 bits per heavy atom. The van der Waals surface area contributed by atoms with E-state index < -0.39 is 17.9 Å². The number of piperidine rings is 1.